The van der Waals surface area contributed by atoms with Crippen LogP contribution in [0, 0.1) is 13.8 Å². The Labute approximate surface area is 101 Å². The smallest absolute Gasteiger partial charge is 0.238 e. The molecule has 0 spiro atoms. The van der Waals surface area contributed by atoms with Crippen molar-refractivity contribution in [1.82, 2.24) is 0 Å². The Kier molecular flexibility index (Phi) is 4.34. The predicted molar refractivity (Wildman–Crippen MR) is 66.7 cm³/mol. The molecule has 0 radical (unpaired) electrons. The van der Waals surface area contributed by atoms with Crippen molar-refractivity contribution in [2.75, 3.05) is 26.1 Å². The first-order chi connectivity index (χ1) is 8.04. The summed E-state index contributed by atoms with van der Waals surface area (Å²) < 4.78 is 10.5. The number of amides is 1. The van der Waals surface area contributed by atoms with Crippen LogP contribution in [0.1, 0.15) is 11.1 Å². The Morgan fingerprint density at radius 2 is 1.94 bits per heavy atom. The summed E-state index contributed by atoms with van der Waals surface area (Å²) in [6, 6.07) is 1.73. The minimum absolute atomic E-state index is 0.0710. The third kappa shape index (κ3) is 2.68. The molecule has 0 saturated carbocycles. The number of hydrogen-bond donors (Lipinski definition) is 2. The van der Waals surface area contributed by atoms with E-state index in [0.717, 1.165) is 11.1 Å². The van der Waals surface area contributed by atoms with E-state index in [9.17, 15) is 4.79 Å². The molecule has 94 valence electrons. The summed E-state index contributed by atoms with van der Waals surface area (Å²) in [5.41, 5.74) is 7.75. The summed E-state index contributed by atoms with van der Waals surface area (Å²) in [6.45, 7) is 3.78. The summed E-state index contributed by atoms with van der Waals surface area (Å²) in [5.74, 6) is 1.06. The Bertz CT molecular complexity index is 430. The minimum atomic E-state index is -0.270. The summed E-state index contributed by atoms with van der Waals surface area (Å²) in [6.07, 6.45) is 0. The second-order valence-electron chi connectivity index (χ2n) is 3.66. The maximum atomic E-state index is 11.3. The van der Waals surface area contributed by atoms with E-state index in [1.807, 2.05) is 13.8 Å². The van der Waals surface area contributed by atoms with Crippen LogP contribution < -0.4 is 20.5 Å². The van der Waals surface area contributed by atoms with E-state index in [1.165, 1.54) is 0 Å². The molecule has 1 rings (SSSR count). The number of anilines is 1. The van der Waals surface area contributed by atoms with Crippen molar-refractivity contribution >= 4 is 11.6 Å². The Morgan fingerprint density at radius 1 is 1.29 bits per heavy atom. The van der Waals surface area contributed by atoms with E-state index >= 15 is 0 Å². The molecule has 0 unspecified atom stereocenters. The van der Waals surface area contributed by atoms with Crippen molar-refractivity contribution < 1.29 is 14.3 Å². The number of carbonyl (C=O) groups is 1. The van der Waals surface area contributed by atoms with Gasteiger partial charge >= 0.3 is 0 Å². The average molecular weight is 238 g/mol. The number of rotatable bonds is 4. The van der Waals surface area contributed by atoms with Gasteiger partial charge in [0.15, 0.2) is 0 Å². The molecule has 0 heterocycles. The molecule has 5 nitrogen and oxygen atoms in total. The van der Waals surface area contributed by atoms with E-state index in [4.69, 9.17) is 15.2 Å². The Hall–Kier alpha value is -1.75. The lowest BCUT2D eigenvalue weighted by Gasteiger charge is -2.17. The topological polar surface area (TPSA) is 73.6 Å². The standard InChI is InChI=1S/C12H18N2O3/c1-7-8(2)12(17-4)9(5-10(7)16-3)14-11(15)6-13/h5H,6,13H2,1-4H3,(H,14,15). The summed E-state index contributed by atoms with van der Waals surface area (Å²) in [4.78, 5) is 11.3. The van der Waals surface area contributed by atoms with Crippen molar-refractivity contribution in [2.45, 2.75) is 13.8 Å². The quantitative estimate of drug-likeness (QED) is 0.827. The fraction of sp³-hybridized carbons (Fsp3) is 0.417. The SMILES string of the molecule is COc1cc(NC(=O)CN)c(OC)c(C)c1C. The normalized spacial score (nSPS) is 9.94. The molecule has 1 aromatic rings. The molecule has 1 amide bonds. The van der Waals surface area contributed by atoms with Gasteiger partial charge < -0.3 is 20.5 Å². The van der Waals surface area contributed by atoms with Crippen LogP contribution in [0.5, 0.6) is 11.5 Å². The van der Waals surface area contributed by atoms with Crippen molar-refractivity contribution in [3.63, 3.8) is 0 Å². The number of ether oxygens (including phenoxy) is 2. The third-order valence-electron chi connectivity index (χ3n) is 2.68. The number of nitrogens with two attached hydrogens (primary N) is 1. The van der Waals surface area contributed by atoms with Crippen molar-refractivity contribution in [3.8, 4) is 11.5 Å². The largest absolute Gasteiger partial charge is 0.496 e. The van der Waals surface area contributed by atoms with Gasteiger partial charge in [-0.25, -0.2) is 0 Å². The predicted octanol–water partition coefficient (Wildman–Crippen LogP) is 1.22. The molecular formula is C12H18N2O3. The van der Waals surface area contributed by atoms with Gasteiger partial charge in [0.2, 0.25) is 5.91 Å². The van der Waals surface area contributed by atoms with Crippen LogP contribution in [0.25, 0.3) is 0 Å². The second kappa shape index (κ2) is 5.54. The van der Waals surface area contributed by atoms with Gasteiger partial charge in [0.05, 0.1) is 26.5 Å². The maximum absolute atomic E-state index is 11.3. The first-order valence-corrected chi connectivity index (χ1v) is 5.27. The highest BCUT2D eigenvalue weighted by Crippen LogP contribution is 2.36. The van der Waals surface area contributed by atoms with Crippen LogP contribution in [-0.4, -0.2) is 26.7 Å². The van der Waals surface area contributed by atoms with Crippen molar-refractivity contribution in [1.29, 1.82) is 0 Å². The lowest BCUT2D eigenvalue weighted by Crippen LogP contribution is -2.22. The molecule has 0 aliphatic carbocycles. The summed E-state index contributed by atoms with van der Waals surface area (Å²) >= 11 is 0. The van der Waals surface area contributed by atoms with E-state index in [-0.39, 0.29) is 12.5 Å². The van der Waals surface area contributed by atoms with Crippen molar-refractivity contribution in [3.05, 3.63) is 17.2 Å². The summed E-state index contributed by atoms with van der Waals surface area (Å²) in [7, 11) is 3.15. The molecule has 0 aromatic heterocycles. The molecule has 0 saturated heterocycles. The van der Waals surface area contributed by atoms with E-state index in [0.29, 0.717) is 17.2 Å². The molecule has 0 aliphatic rings. The number of methoxy groups -OCH3 is 2. The highest BCUT2D eigenvalue weighted by Gasteiger charge is 2.15. The zero-order chi connectivity index (χ0) is 13.0. The van der Waals surface area contributed by atoms with Crippen LogP contribution in [-0.2, 0) is 4.79 Å². The van der Waals surface area contributed by atoms with Gasteiger partial charge in [-0.05, 0) is 25.0 Å². The lowest BCUT2D eigenvalue weighted by molar-refractivity contribution is -0.114. The first kappa shape index (κ1) is 13.3. The average Bonchev–Trinajstić information content (AvgIpc) is 2.33. The molecule has 1 aromatic carbocycles. The van der Waals surface area contributed by atoms with E-state index < -0.39 is 0 Å². The number of carbonyl (C=O) groups excluding carboxylic acids is 1. The monoisotopic (exact) mass is 238 g/mol. The van der Waals surface area contributed by atoms with Gasteiger partial charge in [0.25, 0.3) is 0 Å². The lowest BCUT2D eigenvalue weighted by atomic mass is 10.1. The molecule has 17 heavy (non-hydrogen) atoms. The van der Waals surface area contributed by atoms with Gasteiger partial charge in [-0.2, -0.15) is 0 Å². The van der Waals surface area contributed by atoms with E-state index in [1.54, 1.807) is 20.3 Å². The molecule has 0 fully saturated rings. The molecule has 0 aliphatic heterocycles. The van der Waals surface area contributed by atoms with Crippen LogP contribution in [0.4, 0.5) is 5.69 Å². The number of benzene rings is 1. The molecule has 0 bridgehead atoms. The van der Waals surface area contributed by atoms with Crippen LogP contribution in [0.3, 0.4) is 0 Å². The molecular weight excluding hydrogens is 220 g/mol. The minimum Gasteiger partial charge on any atom is -0.496 e. The second-order valence-corrected chi connectivity index (χ2v) is 3.66. The van der Waals surface area contributed by atoms with E-state index in [2.05, 4.69) is 5.32 Å². The van der Waals surface area contributed by atoms with Gasteiger partial charge in [0.1, 0.15) is 11.5 Å². The zero-order valence-corrected chi connectivity index (χ0v) is 10.6. The van der Waals surface area contributed by atoms with Gasteiger partial charge in [-0.3, -0.25) is 4.79 Å². The number of hydrogen-bond acceptors (Lipinski definition) is 4. The fourth-order valence-corrected chi connectivity index (χ4v) is 1.63. The Balaban J connectivity index is 3.27. The van der Waals surface area contributed by atoms with Gasteiger partial charge in [-0.1, -0.05) is 0 Å². The first-order valence-electron chi connectivity index (χ1n) is 5.27. The maximum Gasteiger partial charge on any atom is 0.238 e. The number of nitrogens with one attached hydrogen (secondary N) is 1. The van der Waals surface area contributed by atoms with Crippen molar-refractivity contribution in [2.24, 2.45) is 5.73 Å². The molecule has 0 atom stereocenters. The van der Waals surface area contributed by atoms with Crippen LogP contribution >= 0.6 is 0 Å². The van der Waals surface area contributed by atoms with Crippen LogP contribution in [0.15, 0.2) is 6.07 Å². The van der Waals surface area contributed by atoms with Gasteiger partial charge in [-0.15, -0.1) is 0 Å². The zero-order valence-electron chi connectivity index (χ0n) is 10.6. The highest BCUT2D eigenvalue weighted by molar-refractivity contribution is 5.94. The highest BCUT2D eigenvalue weighted by atomic mass is 16.5. The third-order valence-corrected chi connectivity index (χ3v) is 2.68. The fourth-order valence-electron chi connectivity index (χ4n) is 1.63. The molecule has 3 N–H and O–H groups in total. The van der Waals surface area contributed by atoms with Gasteiger partial charge in [0, 0.05) is 6.07 Å². The van der Waals surface area contributed by atoms with Crippen LogP contribution in [0.2, 0.25) is 0 Å². The molecule has 5 heteroatoms. The Morgan fingerprint density at radius 3 is 2.41 bits per heavy atom. The summed E-state index contributed by atoms with van der Waals surface area (Å²) in [5, 5.41) is 2.68.